The molecule has 0 saturated carbocycles. The molecule has 2 amide bonds. The molecule has 1 fully saturated rings. The number of fused-ring (bicyclic) bond motifs is 1. The molecule has 8 nitrogen and oxygen atoms in total. The van der Waals surface area contributed by atoms with E-state index in [1.807, 2.05) is 12.2 Å². The third-order valence-corrected chi connectivity index (χ3v) is 5.28. The van der Waals surface area contributed by atoms with Crippen LogP contribution >= 0.6 is 11.6 Å². The van der Waals surface area contributed by atoms with Crippen LogP contribution in [0.25, 0.3) is 11.4 Å². The predicted molar refractivity (Wildman–Crippen MR) is 101 cm³/mol. The fraction of sp³-hybridized carbons (Fsp3) is 0.350. The summed E-state index contributed by atoms with van der Waals surface area (Å²) in [4.78, 5) is 42.1. The molecule has 0 unspecified atom stereocenters. The molecule has 0 bridgehead atoms. The number of allylic oxidation sites excluding steroid dienone is 2. The minimum absolute atomic E-state index is 0.0150. The molecular weight excluding hydrogens is 398 g/mol. The van der Waals surface area contributed by atoms with Crippen LogP contribution in [0.4, 0.5) is 0 Å². The maximum atomic E-state index is 12.4. The van der Waals surface area contributed by atoms with Gasteiger partial charge in [0.05, 0.1) is 18.3 Å². The van der Waals surface area contributed by atoms with E-state index in [1.54, 1.807) is 24.3 Å². The number of hydrogen-bond donors (Lipinski definition) is 0. The second-order valence-corrected chi connectivity index (χ2v) is 7.35. The zero-order valence-electron chi connectivity index (χ0n) is 15.4. The zero-order chi connectivity index (χ0) is 20.4. The molecule has 1 aromatic heterocycles. The third-order valence-electron chi connectivity index (χ3n) is 5.05. The Morgan fingerprint density at radius 2 is 1.93 bits per heavy atom. The summed E-state index contributed by atoms with van der Waals surface area (Å²) in [6.45, 7) is -0.176. The van der Waals surface area contributed by atoms with Gasteiger partial charge in [-0.25, -0.2) is 0 Å². The number of carbonyl (C=O) groups is 3. The number of imide groups is 1. The number of benzene rings is 1. The van der Waals surface area contributed by atoms with Crippen molar-refractivity contribution in [1.29, 1.82) is 0 Å². The van der Waals surface area contributed by atoms with Gasteiger partial charge in [0.2, 0.25) is 17.6 Å². The van der Waals surface area contributed by atoms with Gasteiger partial charge in [-0.05, 0) is 25.0 Å². The van der Waals surface area contributed by atoms with Crippen molar-refractivity contribution in [3.05, 3.63) is 47.3 Å². The van der Waals surface area contributed by atoms with Gasteiger partial charge in [-0.3, -0.25) is 19.3 Å². The minimum atomic E-state index is -0.555. The molecule has 2 atom stereocenters. The predicted octanol–water partition coefficient (Wildman–Crippen LogP) is 2.77. The molecule has 150 valence electrons. The lowest BCUT2D eigenvalue weighted by atomic mass is 9.85. The Morgan fingerprint density at radius 3 is 2.62 bits per heavy atom. The summed E-state index contributed by atoms with van der Waals surface area (Å²) in [6.07, 6.45) is 4.91. The molecule has 29 heavy (non-hydrogen) atoms. The third kappa shape index (κ3) is 4.07. The highest BCUT2D eigenvalue weighted by Gasteiger charge is 2.46. The van der Waals surface area contributed by atoms with E-state index in [-0.39, 0.29) is 49.1 Å². The second kappa shape index (κ2) is 8.16. The lowest BCUT2D eigenvalue weighted by molar-refractivity contribution is -0.147. The fourth-order valence-electron chi connectivity index (χ4n) is 3.57. The number of aromatic nitrogens is 2. The highest BCUT2D eigenvalue weighted by atomic mass is 35.5. The lowest BCUT2D eigenvalue weighted by Crippen LogP contribution is -2.33. The van der Waals surface area contributed by atoms with Gasteiger partial charge in [0.15, 0.2) is 6.61 Å². The SMILES string of the molecule is O=C(CCN1C(=O)[C@@H]2CC=CC[C@H]2C1=O)OCc1nc(-c2cccc(Cl)c2)no1. The zero-order valence-corrected chi connectivity index (χ0v) is 16.2. The maximum absolute atomic E-state index is 12.4. The van der Waals surface area contributed by atoms with Crippen LogP contribution in [-0.4, -0.2) is 39.4 Å². The Hall–Kier alpha value is -3.00. The Bertz CT molecular complexity index is 960. The first-order valence-electron chi connectivity index (χ1n) is 9.27. The number of hydrogen-bond acceptors (Lipinski definition) is 7. The summed E-state index contributed by atoms with van der Waals surface area (Å²) in [5.74, 6) is -1.10. The molecule has 0 radical (unpaired) electrons. The van der Waals surface area contributed by atoms with Crippen molar-refractivity contribution in [2.24, 2.45) is 11.8 Å². The number of nitrogens with zero attached hydrogens (tertiary/aromatic N) is 3. The molecule has 1 aromatic carbocycles. The monoisotopic (exact) mass is 415 g/mol. The summed E-state index contributed by atoms with van der Waals surface area (Å²) in [5, 5.41) is 4.38. The number of halogens is 1. The van der Waals surface area contributed by atoms with Gasteiger partial charge < -0.3 is 9.26 Å². The van der Waals surface area contributed by atoms with Gasteiger partial charge in [0.25, 0.3) is 5.89 Å². The van der Waals surface area contributed by atoms with Gasteiger partial charge in [-0.1, -0.05) is 41.0 Å². The molecule has 9 heteroatoms. The summed E-state index contributed by atoms with van der Waals surface area (Å²) in [5.41, 5.74) is 0.681. The first kappa shape index (κ1) is 19.3. The van der Waals surface area contributed by atoms with Crippen LogP contribution in [-0.2, 0) is 25.7 Å². The van der Waals surface area contributed by atoms with Crippen LogP contribution in [0.1, 0.15) is 25.2 Å². The molecule has 1 aliphatic carbocycles. The molecule has 1 saturated heterocycles. The van der Waals surface area contributed by atoms with E-state index in [0.717, 1.165) is 0 Å². The number of ether oxygens (including phenoxy) is 1. The number of rotatable bonds is 6. The topological polar surface area (TPSA) is 103 Å². The number of amides is 2. The summed E-state index contributed by atoms with van der Waals surface area (Å²) in [6, 6.07) is 6.97. The molecule has 2 aliphatic rings. The van der Waals surface area contributed by atoms with E-state index < -0.39 is 5.97 Å². The van der Waals surface area contributed by atoms with E-state index in [0.29, 0.717) is 29.3 Å². The van der Waals surface area contributed by atoms with Crippen molar-refractivity contribution in [2.75, 3.05) is 6.54 Å². The van der Waals surface area contributed by atoms with Crippen LogP contribution in [0.3, 0.4) is 0 Å². The highest BCUT2D eigenvalue weighted by molar-refractivity contribution is 6.30. The fourth-order valence-corrected chi connectivity index (χ4v) is 3.76. The van der Waals surface area contributed by atoms with E-state index in [2.05, 4.69) is 10.1 Å². The second-order valence-electron chi connectivity index (χ2n) is 6.92. The summed E-state index contributed by atoms with van der Waals surface area (Å²) >= 11 is 5.94. The average molecular weight is 416 g/mol. The number of esters is 1. The quantitative estimate of drug-likeness (QED) is 0.406. The number of likely N-dealkylation sites (tertiary alicyclic amines) is 1. The van der Waals surface area contributed by atoms with Crippen molar-refractivity contribution in [2.45, 2.75) is 25.9 Å². The first-order chi connectivity index (χ1) is 14.0. The van der Waals surface area contributed by atoms with Crippen molar-refractivity contribution in [1.82, 2.24) is 15.0 Å². The maximum Gasteiger partial charge on any atom is 0.308 e. The van der Waals surface area contributed by atoms with Gasteiger partial charge in [-0.15, -0.1) is 0 Å². The minimum Gasteiger partial charge on any atom is -0.456 e. The van der Waals surface area contributed by atoms with E-state index >= 15 is 0 Å². The molecule has 1 aliphatic heterocycles. The molecule has 0 N–H and O–H groups in total. The van der Waals surface area contributed by atoms with Crippen LogP contribution in [0.5, 0.6) is 0 Å². The number of carbonyl (C=O) groups excluding carboxylic acids is 3. The Kier molecular flexibility index (Phi) is 5.44. The van der Waals surface area contributed by atoms with Crippen molar-refractivity contribution < 1.29 is 23.6 Å². The Labute approximate surface area is 171 Å². The highest BCUT2D eigenvalue weighted by Crippen LogP contribution is 2.35. The summed E-state index contributed by atoms with van der Waals surface area (Å²) < 4.78 is 10.2. The first-order valence-corrected chi connectivity index (χ1v) is 9.65. The molecule has 2 heterocycles. The van der Waals surface area contributed by atoms with E-state index in [9.17, 15) is 14.4 Å². The van der Waals surface area contributed by atoms with Gasteiger partial charge in [0.1, 0.15) is 0 Å². The normalized spacial score (nSPS) is 20.8. The van der Waals surface area contributed by atoms with Crippen molar-refractivity contribution >= 4 is 29.4 Å². The van der Waals surface area contributed by atoms with Crippen LogP contribution in [0.15, 0.2) is 40.9 Å². The van der Waals surface area contributed by atoms with Gasteiger partial charge >= 0.3 is 5.97 Å². The van der Waals surface area contributed by atoms with Crippen LogP contribution < -0.4 is 0 Å². The van der Waals surface area contributed by atoms with Gasteiger partial charge in [-0.2, -0.15) is 4.98 Å². The van der Waals surface area contributed by atoms with Crippen LogP contribution in [0, 0.1) is 11.8 Å². The summed E-state index contributed by atoms with van der Waals surface area (Å²) in [7, 11) is 0. The van der Waals surface area contributed by atoms with Crippen molar-refractivity contribution in [3.8, 4) is 11.4 Å². The molecule has 0 spiro atoms. The largest absolute Gasteiger partial charge is 0.456 e. The average Bonchev–Trinajstić information content (AvgIpc) is 3.29. The standard InChI is InChI=1S/C20H18ClN3O5/c21-13-5-3-4-12(10-13)18-22-16(29-23-18)11-28-17(25)8-9-24-19(26)14-6-1-2-7-15(14)20(24)27/h1-5,10,14-15H,6-9,11H2/t14-,15-/m1/s1. The lowest BCUT2D eigenvalue weighted by Gasteiger charge is -2.14. The van der Waals surface area contributed by atoms with Gasteiger partial charge in [0, 0.05) is 17.1 Å². The smallest absolute Gasteiger partial charge is 0.308 e. The molecular formula is C20H18ClN3O5. The Balaban J connectivity index is 1.28. The van der Waals surface area contributed by atoms with Crippen molar-refractivity contribution in [3.63, 3.8) is 0 Å². The van der Waals surface area contributed by atoms with E-state index in [1.165, 1.54) is 4.90 Å². The molecule has 4 rings (SSSR count). The molecule has 2 aromatic rings. The Morgan fingerprint density at radius 1 is 1.21 bits per heavy atom. The van der Waals surface area contributed by atoms with E-state index in [4.69, 9.17) is 20.9 Å². The van der Waals surface area contributed by atoms with Crippen LogP contribution in [0.2, 0.25) is 5.02 Å².